The van der Waals surface area contributed by atoms with Crippen molar-refractivity contribution in [1.82, 2.24) is 19.6 Å². The minimum absolute atomic E-state index is 0.0997. The molecule has 9 heteroatoms. The fourth-order valence-corrected chi connectivity index (χ4v) is 1.51. The highest BCUT2D eigenvalue weighted by atomic mass is 35.5. The fourth-order valence-electron chi connectivity index (χ4n) is 1.33. The zero-order chi connectivity index (χ0) is 13.0. The first-order valence-electron chi connectivity index (χ1n) is 5.13. The molecule has 1 amide bonds. The average Bonchev–Trinajstić information content (AvgIpc) is 2.75. The van der Waals surface area contributed by atoms with Gasteiger partial charge < -0.3 is 15.8 Å². The SMILES string of the molecule is NC(=O)COCCNc1cc(Cl)nc2ncnn12. The first-order valence-corrected chi connectivity index (χ1v) is 5.51. The van der Waals surface area contributed by atoms with E-state index in [1.165, 1.54) is 10.8 Å². The maximum atomic E-state index is 10.4. The standard InChI is InChI=1S/C9H11ClN6O2/c10-6-3-8(12-1-2-18-4-7(11)17)16-9(15-6)13-5-14-16/h3,5,12H,1-2,4H2,(H2,11,17). The number of primary amides is 1. The predicted octanol–water partition coefficient (Wildman–Crippen LogP) is -0.309. The van der Waals surface area contributed by atoms with Crippen molar-refractivity contribution in [2.24, 2.45) is 5.73 Å². The minimum Gasteiger partial charge on any atom is -0.370 e. The summed E-state index contributed by atoms with van der Waals surface area (Å²) >= 11 is 5.84. The summed E-state index contributed by atoms with van der Waals surface area (Å²) in [6.07, 6.45) is 1.38. The number of nitrogens with zero attached hydrogens (tertiary/aromatic N) is 4. The van der Waals surface area contributed by atoms with Crippen molar-refractivity contribution in [2.75, 3.05) is 25.1 Å². The third kappa shape index (κ3) is 3.05. The van der Waals surface area contributed by atoms with Crippen LogP contribution in [0.1, 0.15) is 0 Å². The van der Waals surface area contributed by atoms with E-state index in [0.29, 0.717) is 29.9 Å². The van der Waals surface area contributed by atoms with Crippen molar-refractivity contribution in [3.63, 3.8) is 0 Å². The van der Waals surface area contributed by atoms with E-state index >= 15 is 0 Å². The molecule has 0 fully saturated rings. The normalized spacial score (nSPS) is 10.7. The van der Waals surface area contributed by atoms with Crippen LogP contribution in [0.3, 0.4) is 0 Å². The molecule has 2 aromatic heterocycles. The number of ether oxygens (including phenoxy) is 1. The number of nitrogens with two attached hydrogens (primary N) is 1. The smallest absolute Gasteiger partial charge is 0.255 e. The van der Waals surface area contributed by atoms with E-state index in [2.05, 4.69) is 20.4 Å². The molecule has 8 nitrogen and oxygen atoms in total. The van der Waals surface area contributed by atoms with E-state index in [4.69, 9.17) is 22.1 Å². The van der Waals surface area contributed by atoms with Gasteiger partial charge in [0.1, 0.15) is 23.9 Å². The number of amides is 1. The summed E-state index contributed by atoms with van der Waals surface area (Å²) in [5.74, 6) is 0.550. The van der Waals surface area contributed by atoms with Crippen LogP contribution in [0.2, 0.25) is 5.15 Å². The highest BCUT2D eigenvalue weighted by Gasteiger charge is 2.05. The van der Waals surface area contributed by atoms with Gasteiger partial charge >= 0.3 is 0 Å². The van der Waals surface area contributed by atoms with Crippen LogP contribution < -0.4 is 11.1 Å². The van der Waals surface area contributed by atoms with E-state index in [-0.39, 0.29) is 6.61 Å². The van der Waals surface area contributed by atoms with Crippen LogP contribution in [0.25, 0.3) is 5.78 Å². The molecular weight excluding hydrogens is 260 g/mol. The van der Waals surface area contributed by atoms with Gasteiger partial charge in [-0.2, -0.15) is 19.6 Å². The van der Waals surface area contributed by atoms with Gasteiger partial charge in [-0.25, -0.2) is 0 Å². The monoisotopic (exact) mass is 270 g/mol. The molecule has 3 N–H and O–H groups in total. The molecule has 0 aliphatic carbocycles. The van der Waals surface area contributed by atoms with E-state index in [9.17, 15) is 4.79 Å². The lowest BCUT2D eigenvalue weighted by Gasteiger charge is -2.07. The Labute approximate surface area is 107 Å². The van der Waals surface area contributed by atoms with Crippen molar-refractivity contribution in [1.29, 1.82) is 0 Å². The second-order valence-electron chi connectivity index (χ2n) is 3.38. The Bertz CT molecular complexity index is 557. The highest BCUT2D eigenvalue weighted by Crippen LogP contribution is 2.13. The summed E-state index contributed by atoms with van der Waals surface area (Å²) in [6, 6.07) is 1.62. The van der Waals surface area contributed by atoms with Crippen LogP contribution in [0.15, 0.2) is 12.4 Å². The Balaban J connectivity index is 1.94. The minimum atomic E-state index is -0.499. The fraction of sp³-hybridized carbons (Fsp3) is 0.333. The Kier molecular flexibility index (Phi) is 3.90. The number of fused-ring (bicyclic) bond motifs is 1. The zero-order valence-corrected chi connectivity index (χ0v) is 10.1. The van der Waals surface area contributed by atoms with Crippen molar-refractivity contribution in [3.8, 4) is 0 Å². The van der Waals surface area contributed by atoms with Gasteiger partial charge in [0, 0.05) is 12.6 Å². The first-order chi connectivity index (χ1) is 8.66. The summed E-state index contributed by atoms with van der Waals surface area (Å²) in [5, 5.41) is 7.36. The van der Waals surface area contributed by atoms with Gasteiger partial charge in [0.05, 0.1) is 6.61 Å². The number of hydrogen-bond acceptors (Lipinski definition) is 6. The molecule has 0 unspecified atom stereocenters. The number of carbonyl (C=O) groups is 1. The van der Waals surface area contributed by atoms with Crippen LogP contribution in [0.5, 0.6) is 0 Å². The van der Waals surface area contributed by atoms with Gasteiger partial charge in [0.2, 0.25) is 5.91 Å². The number of nitrogens with one attached hydrogen (secondary N) is 1. The predicted molar refractivity (Wildman–Crippen MR) is 64.3 cm³/mol. The molecule has 2 aromatic rings. The van der Waals surface area contributed by atoms with Crippen LogP contribution in [0, 0.1) is 0 Å². The number of aromatic nitrogens is 4. The molecule has 0 aliphatic heterocycles. The van der Waals surface area contributed by atoms with E-state index in [0.717, 1.165) is 0 Å². The van der Waals surface area contributed by atoms with Gasteiger partial charge in [-0.1, -0.05) is 11.6 Å². The van der Waals surface area contributed by atoms with Crippen molar-refractivity contribution in [3.05, 3.63) is 17.5 Å². The third-order valence-corrected chi connectivity index (χ3v) is 2.21. The van der Waals surface area contributed by atoms with E-state index in [1.54, 1.807) is 6.07 Å². The number of rotatable bonds is 6. The topological polar surface area (TPSA) is 107 Å². The Morgan fingerprint density at radius 1 is 1.61 bits per heavy atom. The Morgan fingerprint density at radius 3 is 3.22 bits per heavy atom. The van der Waals surface area contributed by atoms with E-state index in [1.807, 2.05) is 0 Å². The van der Waals surface area contributed by atoms with Gasteiger partial charge in [0.25, 0.3) is 5.78 Å². The number of hydrogen-bond donors (Lipinski definition) is 2. The third-order valence-electron chi connectivity index (χ3n) is 2.02. The number of anilines is 1. The largest absolute Gasteiger partial charge is 0.370 e. The van der Waals surface area contributed by atoms with Gasteiger partial charge in [0.15, 0.2) is 0 Å². The lowest BCUT2D eigenvalue weighted by Crippen LogP contribution is -2.21. The van der Waals surface area contributed by atoms with Crippen molar-refractivity contribution >= 4 is 29.1 Å². The maximum absolute atomic E-state index is 10.4. The summed E-state index contributed by atoms with van der Waals surface area (Å²) in [7, 11) is 0. The number of halogens is 1. The van der Waals surface area contributed by atoms with Crippen LogP contribution in [0.4, 0.5) is 5.82 Å². The van der Waals surface area contributed by atoms with Gasteiger partial charge in [-0.15, -0.1) is 0 Å². The quantitative estimate of drug-likeness (QED) is 0.551. The molecule has 2 rings (SSSR count). The second-order valence-corrected chi connectivity index (χ2v) is 3.77. The molecule has 0 spiro atoms. The molecule has 0 atom stereocenters. The van der Waals surface area contributed by atoms with Gasteiger partial charge in [-0.05, 0) is 0 Å². The molecule has 0 aromatic carbocycles. The summed E-state index contributed by atoms with van der Waals surface area (Å²) in [5.41, 5.74) is 4.93. The molecule has 18 heavy (non-hydrogen) atoms. The molecule has 0 bridgehead atoms. The van der Waals surface area contributed by atoms with Crippen LogP contribution in [-0.4, -0.2) is 45.2 Å². The molecular formula is C9H11ClN6O2. The molecule has 0 radical (unpaired) electrons. The lowest BCUT2D eigenvalue weighted by molar-refractivity contribution is -0.122. The molecule has 0 aliphatic rings. The van der Waals surface area contributed by atoms with Crippen LogP contribution in [-0.2, 0) is 9.53 Å². The maximum Gasteiger partial charge on any atom is 0.255 e. The van der Waals surface area contributed by atoms with Gasteiger partial charge in [-0.3, -0.25) is 4.79 Å². The van der Waals surface area contributed by atoms with Crippen LogP contribution >= 0.6 is 11.6 Å². The molecule has 96 valence electrons. The molecule has 2 heterocycles. The molecule has 0 saturated carbocycles. The zero-order valence-electron chi connectivity index (χ0n) is 9.34. The summed E-state index contributed by atoms with van der Waals surface area (Å²) in [6.45, 7) is 0.708. The molecule has 0 saturated heterocycles. The average molecular weight is 271 g/mol. The Hall–Kier alpha value is -1.93. The highest BCUT2D eigenvalue weighted by molar-refractivity contribution is 6.29. The first kappa shape index (κ1) is 12.5. The number of carbonyl (C=O) groups excluding carboxylic acids is 1. The van der Waals surface area contributed by atoms with Crippen molar-refractivity contribution < 1.29 is 9.53 Å². The summed E-state index contributed by atoms with van der Waals surface area (Å²) in [4.78, 5) is 18.4. The lowest BCUT2D eigenvalue weighted by atomic mass is 10.5. The van der Waals surface area contributed by atoms with Crippen molar-refractivity contribution in [2.45, 2.75) is 0 Å². The second kappa shape index (κ2) is 5.61. The Morgan fingerprint density at radius 2 is 2.44 bits per heavy atom. The van der Waals surface area contributed by atoms with E-state index < -0.39 is 5.91 Å². The summed E-state index contributed by atoms with van der Waals surface area (Å²) < 4.78 is 6.52.